The van der Waals surface area contributed by atoms with Crippen LogP contribution in [0.5, 0.6) is 0 Å². The van der Waals surface area contributed by atoms with Crippen molar-refractivity contribution < 1.29 is 28.6 Å². The molecule has 1 atom stereocenters. The molecule has 68 heavy (non-hydrogen) atoms. The Morgan fingerprint density at radius 1 is 0.294 bits per heavy atom. The third-order valence-corrected chi connectivity index (χ3v) is 13.7. The molecule has 6 nitrogen and oxygen atoms in total. The van der Waals surface area contributed by atoms with Crippen molar-refractivity contribution in [3.63, 3.8) is 0 Å². The fraction of sp³-hybridized carbons (Fsp3) is 0.887. The highest BCUT2D eigenvalue weighted by atomic mass is 16.6. The average molecular weight is 958 g/mol. The fourth-order valence-corrected chi connectivity index (χ4v) is 9.12. The molecule has 0 N–H and O–H groups in total. The Bertz CT molecular complexity index is 1100. The molecule has 0 aliphatic carbocycles. The van der Waals surface area contributed by atoms with E-state index in [1.165, 1.54) is 218 Å². The molecule has 0 amide bonds. The molecule has 6 heteroatoms. The van der Waals surface area contributed by atoms with Gasteiger partial charge in [-0.05, 0) is 51.4 Å². The molecule has 0 spiro atoms. The summed E-state index contributed by atoms with van der Waals surface area (Å²) in [7, 11) is 0. The molecule has 0 heterocycles. The van der Waals surface area contributed by atoms with Crippen LogP contribution < -0.4 is 0 Å². The number of carbonyl (C=O) groups excluding carboxylic acids is 3. The average Bonchev–Trinajstić information content (AvgIpc) is 3.34. The number of rotatable bonds is 56. The van der Waals surface area contributed by atoms with Crippen LogP contribution >= 0.6 is 0 Å². The van der Waals surface area contributed by atoms with Gasteiger partial charge in [0.2, 0.25) is 0 Å². The number of esters is 3. The van der Waals surface area contributed by atoms with E-state index in [-0.39, 0.29) is 31.1 Å². The van der Waals surface area contributed by atoms with E-state index in [4.69, 9.17) is 14.2 Å². The molecule has 0 aliphatic heterocycles. The topological polar surface area (TPSA) is 78.9 Å². The second-order valence-corrected chi connectivity index (χ2v) is 20.6. The Balaban J connectivity index is 4.16. The Morgan fingerprint density at radius 2 is 0.529 bits per heavy atom. The number of unbranched alkanes of at least 4 members (excludes halogenated alkanes) is 41. The highest BCUT2D eigenvalue weighted by Gasteiger charge is 2.19. The van der Waals surface area contributed by atoms with Gasteiger partial charge in [-0.15, -0.1) is 0 Å². The second kappa shape index (κ2) is 57.5. The molecular formula is C62H116O6. The van der Waals surface area contributed by atoms with Crippen LogP contribution in [0.1, 0.15) is 335 Å². The Labute approximate surface area is 423 Å². The van der Waals surface area contributed by atoms with Crippen molar-refractivity contribution in [2.24, 2.45) is 0 Å². The van der Waals surface area contributed by atoms with Crippen LogP contribution in [-0.4, -0.2) is 37.2 Å². The van der Waals surface area contributed by atoms with E-state index in [1.807, 2.05) is 0 Å². The number of ether oxygens (including phenoxy) is 3. The molecule has 0 saturated heterocycles. The SMILES string of the molecule is CCCCC/C=C\C/C=C\CCCCCCCC(=O)OC(COC(=O)CCCCCCCCCCCC)COC(=O)CCCCCCCCCCCCCCCCCCCCCCCCCCC. The monoisotopic (exact) mass is 957 g/mol. The number of hydrogen-bond donors (Lipinski definition) is 0. The third-order valence-electron chi connectivity index (χ3n) is 13.7. The van der Waals surface area contributed by atoms with Crippen LogP contribution in [0.25, 0.3) is 0 Å². The van der Waals surface area contributed by atoms with Crippen LogP contribution in [0.4, 0.5) is 0 Å². The van der Waals surface area contributed by atoms with Crippen LogP contribution in [0, 0.1) is 0 Å². The van der Waals surface area contributed by atoms with Gasteiger partial charge < -0.3 is 14.2 Å². The van der Waals surface area contributed by atoms with Gasteiger partial charge in [-0.2, -0.15) is 0 Å². The maximum atomic E-state index is 12.8. The lowest BCUT2D eigenvalue weighted by Gasteiger charge is -2.18. The molecule has 0 bridgehead atoms. The summed E-state index contributed by atoms with van der Waals surface area (Å²) < 4.78 is 16.9. The summed E-state index contributed by atoms with van der Waals surface area (Å²) in [6, 6.07) is 0. The van der Waals surface area contributed by atoms with Gasteiger partial charge in [0.1, 0.15) is 13.2 Å². The fourth-order valence-electron chi connectivity index (χ4n) is 9.12. The minimum absolute atomic E-state index is 0.0717. The Hall–Kier alpha value is -2.11. The zero-order valence-electron chi connectivity index (χ0n) is 45.9. The largest absolute Gasteiger partial charge is 0.462 e. The summed E-state index contributed by atoms with van der Waals surface area (Å²) in [5.41, 5.74) is 0. The van der Waals surface area contributed by atoms with Gasteiger partial charge in [0.25, 0.3) is 0 Å². The molecular weight excluding hydrogens is 841 g/mol. The summed E-state index contributed by atoms with van der Waals surface area (Å²) in [6.07, 6.45) is 67.6. The predicted molar refractivity (Wildman–Crippen MR) is 293 cm³/mol. The Morgan fingerprint density at radius 3 is 0.838 bits per heavy atom. The first kappa shape index (κ1) is 65.9. The van der Waals surface area contributed by atoms with E-state index in [1.54, 1.807) is 0 Å². The van der Waals surface area contributed by atoms with Gasteiger partial charge in [0.15, 0.2) is 6.10 Å². The summed E-state index contributed by atoms with van der Waals surface area (Å²) in [5.74, 6) is -0.866. The van der Waals surface area contributed by atoms with Crippen molar-refractivity contribution in [3.05, 3.63) is 24.3 Å². The molecule has 0 saturated carbocycles. The van der Waals surface area contributed by atoms with E-state index in [0.29, 0.717) is 19.3 Å². The second-order valence-electron chi connectivity index (χ2n) is 20.6. The van der Waals surface area contributed by atoms with E-state index in [0.717, 1.165) is 77.0 Å². The first-order valence-electron chi connectivity index (χ1n) is 30.3. The van der Waals surface area contributed by atoms with Crippen molar-refractivity contribution in [2.75, 3.05) is 13.2 Å². The highest BCUT2D eigenvalue weighted by Crippen LogP contribution is 2.18. The van der Waals surface area contributed by atoms with Gasteiger partial charge in [0, 0.05) is 19.3 Å². The molecule has 0 rings (SSSR count). The third kappa shape index (κ3) is 54.8. The van der Waals surface area contributed by atoms with Crippen molar-refractivity contribution >= 4 is 17.9 Å². The van der Waals surface area contributed by atoms with Gasteiger partial charge in [-0.1, -0.05) is 289 Å². The van der Waals surface area contributed by atoms with Crippen molar-refractivity contribution in [1.82, 2.24) is 0 Å². The molecule has 0 aromatic heterocycles. The van der Waals surface area contributed by atoms with Crippen molar-refractivity contribution in [3.8, 4) is 0 Å². The standard InChI is InChI=1S/C62H116O6/c1-4-7-10-13-16-19-22-24-26-27-28-29-30-31-32-33-34-35-37-38-40-43-46-49-52-55-61(64)67-58-59(57-66-60(63)54-51-48-45-42-21-18-15-12-9-6-3)68-62(65)56-53-50-47-44-41-39-36-25-23-20-17-14-11-8-5-2/h17,20,25,36,59H,4-16,18-19,21-24,26-35,37-58H2,1-3H3/b20-17-,36-25-. The molecule has 0 aromatic rings. The van der Waals surface area contributed by atoms with Crippen LogP contribution in [-0.2, 0) is 28.6 Å². The summed E-state index contributed by atoms with van der Waals surface area (Å²) in [5, 5.41) is 0. The van der Waals surface area contributed by atoms with Crippen molar-refractivity contribution in [2.45, 2.75) is 341 Å². The smallest absolute Gasteiger partial charge is 0.306 e. The van der Waals surface area contributed by atoms with Gasteiger partial charge in [-0.25, -0.2) is 0 Å². The number of allylic oxidation sites excluding steroid dienone is 4. The maximum absolute atomic E-state index is 12.8. The van der Waals surface area contributed by atoms with Gasteiger partial charge in [-0.3, -0.25) is 14.4 Å². The lowest BCUT2D eigenvalue weighted by molar-refractivity contribution is -0.167. The van der Waals surface area contributed by atoms with Gasteiger partial charge >= 0.3 is 17.9 Å². The quantitative estimate of drug-likeness (QED) is 0.0262. The molecule has 0 aromatic carbocycles. The van der Waals surface area contributed by atoms with E-state index >= 15 is 0 Å². The molecule has 1 unspecified atom stereocenters. The molecule has 400 valence electrons. The maximum Gasteiger partial charge on any atom is 0.306 e. The van der Waals surface area contributed by atoms with Crippen LogP contribution in [0.3, 0.4) is 0 Å². The first-order chi connectivity index (χ1) is 33.5. The zero-order chi connectivity index (χ0) is 49.3. The number of hydrogen-bond acceptors (Lipinski definition) is 6. The Kier molecular flexibility index (Phi) is 55.7. The zero-order valence-corrected chi connectivity index (χ0v) is 45.9. The highest BCUT2D eigenvalue weighted by molar-refractivity contribution is 5.71. The lowest BCUT2D eigenvalue weighted by Crippen LogP contribution is -2.30. The normalized spacial score (nSPS) is 12.1. The molecule has 0 aliphatic rings. The summed E-state index contributed by atoms with van der Waals surface area (Å²) in [6.45, 7) is 6.64. The van der Waals surface area contributed by atoms with Crippen molar-refractivity contribution in [1.29, 1.82) is 0 Å². The minimum Gasteiger partial charge on any atom is -0.462 e. The van der Waals surface area contributed by atoms with Crippen LogP contribution in [0.15, 0.2) is 24.3 Å². The molecule has 0 radical (unpaired) electrons. The van der Waals surface area contributed by atoms with E-state index < -0.39 is 6.10 Å². The minimum atomic E-state index is -0.773. The van der Waals surface area contributed by atoms with E-state index in [9.17, 15) is 14.4 Å². The molecule has 0 fully saturated rings. The van der Waals surface area contributed by atoms with Gasteiger partial charge in [0.05, 0.1) is 0 Å². The summed E-state index contributed by atoms with van der Waals surface area (Å²) >= 11 is 0. The number of carbonyl (C=O) groups is 3. The first-order valence-corrected chi connectivity index (χ1v) is 30.3. The predicted octanol–water partition coefficient (Wildman–Crippen LogP) is 20.3. The van der Waals surface area contributed by atoms with E-state index in [2.05, 4.69) is 45.1 Å². The lowest BCUT2D eigenvalue weighted by atomic mass is 10.0. The summed E-state index contributed by atoms with van der Waals surface area (Å²) in [4.78, 5) is 38.1. The van der Waals surface area contributed by atoms with Crippen LogP contribution in [0.2, 0.25) is 0 Å².